The number of hydrogen-bond donors (Lipinski definition) is 1. The van der Waals surface area contributed by atoms with Gasteiger partial charge in [0.1, 0.15) is 17.1 Å². The minimum atomic E-state index is -0.573. The van der Waals surface area contributed by atoms with Crippen LogP contribution < -0.4 is 15.0 Å². The lowest BCUT2D eigenvalue weighted by Crippen LogP contribution is -2.54. The Kier molecular flexibility index (Phi) is 5.88. The summed E-state index contributed by atoms with van der Waals surface area (Å²) < 4.78 is 21.4. The molecular formula is C27H20FN3O3S. The number of benzene rings is 3. The maximum absolute atomic E-state index is 14.3. The van der Waals surface area contributed by atoms with Gasteiger partial charge in [0.15, 0.2) is 5.11 Å². The molecule has 174 valence electrons. The van der Waals surface area contributed by atoms with Crippen LogP contribution in [0.5, 0.6) is 5.75 Å². The average Bonchev–Trinajstić information content (AvgIpc) is 3.20. The highest BCUT2D eigenvalue weighted by Gasteiger charge is 2.34. The third-order valence-electron chi connectivity index (χ3n) is 5.85. The minimum Gasteiger partial charge on any atom is -0.497 e. The highest BCUT2D eigenvalue weighted by Crippen LogP contribution is 2.28. The maximum atomic E-state index is 14.3. The maximum Gasteiger partial charge on any atom is 0.270 e. The molecule has 0 atom stereocenters. The normalized spacial score (nSPS) is 15.1. The minimum absolute atomic E-state index is 0.00398. The first-order chi connectivity index (χ1) is 17.0. The summed E-state index contributed by atoms with van der Waals surface area (Å²) in [5.41, 5.74) is 2.51. The van der Waals surface area contributed by atoms with Gasteiger partial charge < -0.3 is 9.30 Å². The van der Waals surface area contributed by atoms with Gasteiger partial charge in [0.05, 0.1) is 19.3 Å². The predicted octanol–water partition coefficient (Wildman–Crippen LogP) is 4.67. The molecule has 4 aromatic rings. The van der Waals surface area contributed by atoms with E-state index in [4.69, 9.17) is 17.0 Å². The van der Waals surface area contributed by atoms with Crippen LogP contribution in [0.15, 0.2) is 84.6 Å². The second kappa shape index (κ2) is 9.15. The van der Waals surface area contributed by atoms with Crippen LogP contribution in [0.2, 0.25) is 0 Å². The number of hydrogen-bond acceptors (Lipinski definition) is 4. The Balaban J connectivity index is 1.56. The highest BCUT2D eigenvalue weighted by atomic mass is 32.1. The second-order valence-corrected chi connectivity index (χ2v) is 8.36. The molecule has 5 rings (SSSR count). The molecule has 0 saturated carbocycles. The van der Waals surface area contributed by atoms with Gasteiger partial charge in [0, 0.05) is 28.2 Å². The molecule has 35 heavy (non-hydrogen) atoms. The zero-order valence-electron chi connectivity index (χ0n) is 18.7. The predicted molar refractivity (Wildman–Crippen MR) is 137 cm³/mol. The summed E-state index contributed by atoms with van der Waals surface area (Å²) in [5.74, 6) is -0.771. The Morgan fingerprint density at radius 2 is 1.71 bits per heavy atom. The largest absolute Gasteiger partial charge is 0.497 e. The van der Waals surface area contributed by atoms with Crippen LogP contribution in [-0.2, 0) is 16.1 Å². The molecule has 1 fully saturated rings. The molecule has 0 aliphatic carbocycles. The second-order valence-electron chi connectivity index (χ2n) is 7.98. The Morgan fingerprint density at radius 3 is 2.46 bits per heavy atom. The fourth-order valence-electron chi connectivity index (χ4n) is 4.11. The summed E-state index contributed by atoms with van der Waals surface area (Å²) in [6.45, 7) is 0.304. The summed E-state index contributed by atoms with van der Waals surface area (Å²) >= 11 is 5.28. The number of carbonyl (C=O) groups is 2. The van der Waals surface area contributed by atoms with Crippen molar-refractivity contribution in [3.63, 3.8) is 0 Å². The topological polar surface area (TPSA) is 63.6 Å². The molecule has 1 aliphatic rings. The molecule has 0 radical (unpaired) electrons. The van der Waals surface area contributed by atoms with Crippen LogP contribution in [0.1, 0.15) is 11.1 Å². The molecule has 0 spiro atoms. The van der Waals surface area contributed by atoms with E-state index < -0.39 is 11.8 Å². The van der Waals surface area contributed by atoms with Crippen molar-refractivity contribution in [3.8, 4) is 5.75 Å². The van der Waals surface area contributed by atoms with Gasteiger partial charge in [0.2, 0.25) is 0 Å². The lowest BCUT2D eigenvalue weighted by atomic mass is 10.1. The van der Waals surface area contributed by atoms with Gasteiger partial charge >= 0.3 is 0 Å². The van der Waals surface area contributed by atoms with E-state index in [1.54, 1.807) is 55.7 Å². The van der Waals surface area contributed by atoms with Crippen LogP contribution in [0.4, 0.5) is 10.1 Å². The first kappa shape index (κ1) is 22.5. The number of aromatic nitrogens is 1. The molecule has 6 nitrogen and oxygen atoms in total. The van der Waals surface area contributed by atoms with E-state index >= 15 is 0 Å². The number of fused-ring (bicyclic) bond motifs is 1. The van der Waals surface area contributed by atoms with Gasteiger partial charge in [-0.2, -0.15) is 0 Å². The fourth-order valence-corrected chi connectivity index (χ4v) is 4.39. The number of halogens is 1. The van der Waals surface area contributed by atoms with E-state index in [0.717, 1.165) is 10.9 Å². The highest BCUT2D eigenvalue weighted by molar-refractivity contribution is 7.80. The van der Waals surface area contributed by atoms with Gasteiger partial charge in [-0.05, 0) is 54.7 Å². The van der Waals surface area contributed by atoms with E-state index in [2.05, 4.69) is 5.32 Å². The van der Waals surface area contributed by atoms with Crippen molar-refractivity contribution in [3.05, 3.63) is 102 Å². The molecule has 2 amide bonds. The number of para-hydroxylation sites is 1. The van der Waals surface area contributed by atoms with Crippen LogP contribution in [0.25, 0.3) is 17.0 Å². The van der Waals surface area contributed by atoms with Gasteiger partial charge in [-0.3, -0.25) is 19.8 Å². The first-order valence-corrected chi connectivity index (χ1v) is 11.2. The number of nitrogens with one attached hydrogen (secondary N) is 1. The Bertz CT molecular complexity index is 1510. The SMILES string of the molecule is COc1ccc(N2C(=O)C(=Cc3cn(Cc4ccccc4F)c4ccccc34)C(=O)NC2=S)cc1. The number of amides is 2. The Hall–Kier alpha value is -4.30. The zero-order chi connectivity index (χ0) is 24.5. The third kappa shape index (κ3) is 4.20. The van der Waals surface area contributed by atoms with Gasteiger partial charge in [0.25, 0.3) is 11.8 Å². The number of anilines is 1. The lowest BCUT2D eigenvalue weighted by molar-refractivity contribution is -0.122. The molecule has 1 N–H and O–H groups in total. The summed E-state index contributed by atoms with van der Waals surface area (Å²) in [7, 11) is 1.55. The number of methoxy groups -OCH3 is 1. The molecule has 0 bridgehead atoms. The monoisotopic (exact) mass is 485 g/mol. The Morgan fingerprint density at radius 1 is 1.00 bits per heavy atom. The molecule has 0 unspecified atom stereocenters. The molecule has 1 saturated heterocycles. The number of ether oxygens (including phenoxy) is 1. The van der Waals surface area contributed by atoms with E-state index in [0.29, 0.717) is 29.1 Å². The number of thiocarbonyl (C=S) groups is 1. The summed E-state index contributed by atoms with van der Waals surface area (Å²) in [5, 5.41) is 3.44. The fraction of sp³-hybridized carbons (Fsp3) is 0.0741. The van der Waals surface area contributed by atoms with E-state index in [9.17, 15) is 14.0 Å². The number of carbonyl (C=O) groups excluding carboxylic acids is 2. The van der Waals surface area contributed by atoms with E-state index in [-0.39, 0.29) is 16.5 Å². The Labute approximate surface area is 206 Å². The van der Waals surface area contributed by atoms with Gasteiger partial charge in [-0.15, -0.1) is 0 Å². The van der Waals surface area contributed by atoms with Crippen molar-refractivity contribution >= 4 is 51.8 Å². The van der Waals surface area contributed by atoms with E-state index in [1.165, 1.54) is 11.0 Å². The number of rotatable bonds is 5. The summed E-state index contributed by atoms with van der Waals surface area (Å²) in [4.78, 5) is 27.5. The molecule has 1 aliphatic heterocycles. The molecular weight excluding hydrogens is 465 g/mol. The molecule has 1 aromatic heterocycles. The van der Waals surface area contributed by atoms with Crippen LogP contribution >= 0.6 is 12.2 Å². The molecule has 8 heteroatoms. The summed E-state index contributed by atoms with van der Waals surface area (Å²) in [6, 6.07) is 21.0. The van der Waals surface area contributed by atoms with Crippen molar-refractivity contribution in [2.75, 3.05) is 12.0 Å². The first-order valence-electron chi connectivity index (χ1n) is 10.8. The molecule has 3 aromatic carbocycles. The van der Waals surface area contributed by atoms with Crippen molar-refractivity contribution in [1.82, 2.24) is 9.88 Å². The van der Waals surface area contributed by atoms with Crippen LogP contribution in [0, 0.1) is 5.82 Å². The zero-order valence-corrected chi connectivity index (χ0v) is 19.5. The number of nitrogens with zero attached hydrogens (tertiary/aromatic N) is 2. The van der Waals surface area contributed by atoms with Gasteiger partial charge in [-0.1, -0.05) is 36.4 Å². The quantitative estimate of drug-likeness (QED) is 0.254. The third-order valence-corrected chi connectivity index (χ3v) is 6.13. The standard InChI is InChI=1S/C27H20FN3O3S/c1-34-20-12-10-19(11-13-20)31-26(33)22(25(32)29-27(31)35)14-18-16-30(24-9-5-3-7-21(18)24)15-17-6-2-4-8-23(17)28/h2-14,16H,15H2,1H3,(H,29,32,35). The molecule has 2 heterocycles. The van der Waals surface area contributed by atoms with E-state index in [1.807, 2.05) is 35.0 Å². The smallest absolute Gasteiger partial charge is 0.270 e. The van der Waals surface area contributed by atoms with Crippen molar-refractivity contribution in [2.45, 2.75) is 6.54 Å². The van der Waals surface area contributed by atoms with Gasteiger partial charge in [-0.25, -0.2) is 4.39 Å². The van der Waals surface area contributed by atoms with Crippen LogP contribution in [-0.4, -0.2) is 28.6 Å². The summed E-state index contributed by atoms with van der Waals surface area (Å²) in [6.07, 6.45) is 3.37. The van der Waals surface area contributed by atoms with Crippen molar-refractivity contribution < 1.29 is 18.7 Å². The van der Waals surface area contributed by atoms with Crippen molar-refractivity contribution in [2.24, 2.45) is 0 Å². The lowest BCUT2D eigenvalue weighted by Gasteiger charge is -2.29. The van der Waals surface area contributed by atoms with Crippen LogP contribution in [0.3, 0.4) is 0 Å². The average molecular weight is 486 g/mol. The van der Waals surface area contributed by atoms with Crippen molar-refractivity contribution in [1.29, 1.82) is 0 Å².